The van der Waals surface area contributed by atoms with E-state index in [-0.39, 0.29) is 0 Å². The maximum absolute atomic E-state index is 5.28. The van der Waals surface area contributed by atoms with Gasteiger partial charge in [0.15, 0.2) is 0 Å². The number of fused-ring (bicyclic) bond motifs is 13. The molecule has 7 aromatic carbocycles. The molecule has 0 radical (unpaired) electrons. The summed E-state index contributed by atoms with van der Waals surface area (Å²) in [7, 11) is 0. The lowest BCUT2D eigenvalue weighted by Gasteiger charge is -2.11. The first-order chi connectivity index (χ1) is 21.8. The van der Waals surface area contributed by atoms with Crippen molar-refractivity contribution in [3.05, 3.63) is 140 Å². The second-order valence-corrected chi connectivity index (χ2v) is 11.5. The van der Waals surface area contributed by atoms with Gasteiger partial charge in [-0.3, -0.25) is 4.57 Å². The van der Waals surface area contributed by atoms with Crippen LogP contribution in [0.2, 0.25) is 0 Å². The number of hydrogen-bond acceptors (Lipinski definition) is 2. The van der Waals surface area contributed by atoms with Gasteiger partial charge in [0.2, 0.25) is 5.95 Å². The Kier molecular flexibility index (Phi) is 4.69. The van der Waals surface area contributed by atoms with Gasteiger partial charge in [-0.25, -0.2) is 9.97 Å². The van der Waals surface area contributed by atoms with E-state index in [9.17, 15) is 0 Å². The van der Waals surface area contributed by atoms with Crippen molar-refractivity contribution in [2.24, 2.45) is 0 Å². The molecular weight excluding hydrogens is 536 g/mol. The Labute approximate surface area is 251 Å². The molecule has 10 aromatic rings. The van der Waals surface area contributed by atoms with Crippen molar-refractivity contribution in [1.82, 2.24) is 19.5 Å². The van der Waals surface area contributed by atoms with E-state index in [1.54, 1.807) is 0 Å². The number of aromatic amines is 1. The van der Waals surface area contributed by atoms with E-state index >= 15 is 0 Å². The first-order valence-electron chi connectivity index (χ1n) is 14.9. The number of benzene rings is 7. The highest BCUT2D eigenvalue weighted by molar-refractivity contribution is 6.37. The van der Waals surface area contributed by atoms with Crippen LogP contribution in [0.1, 0.15) is 0 Å². The van der Waals surface area contributed by atoms with Gasteiger partial charge in [-0.05, 0) is 40.4 Å². The Morgan fingerprint density at radius 3 is 1.89 bits per heavy atom. The SMILES string of the molecule is c1ccc(-c2nc(-n3c4ccccc4c4c5c(ccc43)[nH]c3c4ccccc4c4ccccc4c35)nc3ccccc23)cc1. The van der Waals surface area contributed by atoms with Crippen LogP contribution in [0, 0.1) is 0 Å². The summed E-state index contributed by atoms with van der Waals surface area (Å²) >= 11 is 0. The zero-order chi connectivity index (χ0) is 28.8. The van der Waals surface area contributed by atoms with Gasteiger partial charge < -0.3 is 4.98 Å². The highest BCUT2D eigenvalue weighted by Gasteiger charge is 2.22. The van der Waals surface area contributed by atoms with Crippen molar-refractivity contribution in [3.63, 3.8) is 0 Å². The molecule has 1 N–H and O–H groups in total. The van der Waals surface area contributed by atoms with E-state index < -0.39 is 0 Å². The van der Waals surface area contributed by atoms with E-state index in [1.165, 1.54) is 48.6 Å². The van der Waals surface area contributed by atoms with Gasteiger partial charge in [-0.2, -0.15) is 0 Å². The normalized spacial score (nSPS) is 12.1. The third-order valence-electron chi connectivity index (χ3n) is 9.12. The molecule has 0 saturated carbocycles. The minimum atomic E-state index is 0.670. The molecule has 4 nitrogen and oxygen atoms in total. The number of hydrogen-bond donors (Lipinski definition) is 1. The number of para-hydroxylation sites is 2. The molecule has 0 amide bonds. The van der Waals surface area contributed by atoms with Crippen molar-refractivity contribution >= 4 is 76.1 Å². The lowest BCUT2D eigenvalue weighted by atomic mass is 9.95. The lowest BCUT2D eigenvalue weighted by Crippen LogP contribution is -2.03. The van der Waals surface area contributed by atoms with Crippen molar-refractivity contribution in [2.45, 2.75) is 0 Å². The molecule has 4 heteroatoms. The van der Waals surface area contributed by atoms with Crippen LogP contribution >= 0.6 is 0 Å². The molecule has 0 atom stereocenters. The molecule has 0 spiro atoms. The number of rotatable bonds is 2. The molecule has 204 valence electrons. The van der Waals surface area contributed by atoms with Gasteiger partial charge in [0.25, 0.3) is 0 Å². The van der Waals surface area contributed by atoms with E-state index in [0.717, 1.165) is 38.7 Å². The topological polar surface area (TPSA) is 46.5 Å². The summed E-state index contributed by atoms with van der Waals surface area (Å²) in [4.78, 5) is 14.3. The van der Waals surface area contributed by atoms with E-state index in [0.29, 0.717) is 5.95 Å². The minimum Gasteiger partial charge on any atom is -0.354 e. The molecule has 0 aliphatic carbocycles. The second-order valence-electron chi connectivity index (χ2n) is 11.5. The van der Waals surface area contributed by atoms with Gasteiger partial charge >= 0.3 is 0 Å². The molecule has 0 fully saturated rings. The van der Waals surface area contributed by atoms with Gasteiger partial charge in [0.1, 0.15) is 0 Å². The molecule has 0 bridgehead atoms. The van der Waals surface area contributed by atoms with Crippen LogP contribution in [0.4, 0.5) is 0 Å². The Balaban J connectivity index is 1.40. The van der Waals surface area contributed by atoms with Crippen LogP contribution in [-0.4, -0.2) is 19.5 Å². The van der Waals surface area contributed by atoms with Crippen molar-refractivity contribution in [3.8, 4) is 17.2 Å². The zero-order valence-corrected chi connectivity index (χ0v) is 23.6. The summed E-state index contributed by atoms with van der Waals surface area (Å²) in [5.41, 5.74) is 7.41. The fraction of sp³-hybridized carbons (Fsp3) is 0. The van der Waals surface area contributed by atoms with E-state index in [1.807, 2.05) is 12.1 Å². The number of aromatic nitrogens is 4. The molecular formula is C40H24N4. The van der Waals surface area contributed by atoms with Crippen LogP contribution in [0.3, 0.4) is 0 Å². The molecule has 10 rings (SSSR count). The van der Waals surface area contributed by atoms with Crippen molar-refractivity contribution in [1.29, 1.82) is 0 Å². The maximum Gasteiger partial charge on any atom is 0.235 e. The summed E-state index contributed by atoms with van der Waals surface area (Å²) in [5, 5.41) is 10.9. The average molecular weight is 561 g/mol. The Bertz CT molecular complexity index is 2770. The molecule has 0 saturated heterocycles. The highest BCUT2D eigenvalue weighted by Crippen LogP contribution is 2.44. The lowest BCUT2D eigenvalue weighted by molar-refractivity contribution is 1.01. The summed E-state index contributed by atoms with van der Waals surface area (Å²) in [6, 6.07) is 49.3. The highest BCUT2D eigenvalue weighted by atomic mass is 15.2. The molecule has 0 aliphatic rings. The second kappa shape index (κ2) is 8.76. The molecule has 0 unspecified atom stereocenters. The van der Waals surface area contributed by atoms with Gasteiger partial charge in [0.05, 0.1) is 27.8 Å². The smallest absolute Gasteiger partial charge is 0.235 e. The summed E-state index contributed by atoms with van der Waals surface area (Å²) in [6.45, 7) is 0. The van der Waals surface area contributed by atoms with Crippen LogP contribution in [0.25, 0.3) is 93.3 Å². The Hall–Kier alpha value is -6.00. The zero-order valence-electron chi connectivity index (χ0n) is 23.6. The summed E-state index contributed by atoms with van der Waals surface area (Å²) in [5.74, 6) is 0.670. The van der Waals surface area contributed by atoms with Crippen LogP contribution < -0.4 is 0 Å². The van der Waals surface area contributed by atoms with E-state index in [2.05, 4.69) is 137 Å². The number of nitrogens with one attached hydrogen (secondary N) is 1. The third kappa shape index (κ3) is 3.11. The predicted molar refractivity (Wildman–Crippen MR) is 184 cm³/mol. The van der Waals surface area contributed by atoms with Gasteiger partial charge in [-0.1, -0.05) is 115 Å². The standard InChI is InChI=1S/C40H24N4/c1-2-12-24(13-3-1)38-29-18-8-10-20-31(29)42-40(43-38)44-33-21-11-9-19-30(33)35-34(44)23-22-32-37(35)36-27-16-6-4-14-25(27)26-15-5-7-17-28(26)39(36)41-32/h1-23,41H. The monoisotopic (exact) mass is 560 g/mol. The first-order valence-corrected chi connectivity index (χ1v) is 14.9. The Morgan fingerprint density at radius 2 is 1.07 bits per heavy atom. The number of nitrogens with zero attached hydrogens (tertiary/aromatic N) is 3. The molecule has 0 aliphatic heterocycles. The summed E-state index contributed by atoms with van der Waals surface area (Å²) < 4.78 is 2.24. The average Bonchev–Trinajstić information content (AvgIpc) is 3.65. The third-order valence-corrected chi connectivity index (χ3v) is 9.12. The fourth-order valence-corrected chi connectivity index (χ4v) is 7.29. The molecule has 44 heavy (non-hydrogen) atoms. The molecule has 3 aromatic heterocycles. The fourth-order valence-electron chi connectivity index (χ4n) is 7.29. The largest absolute Gasteiger partial charge is 0.354 e. The first kappa shape index (κ1) is 23.6. The molecule has 3 heterocycles. The Morgan fingerprint density at radius 1 is 0.432 bits per heavy atom. The van der Waals surface area contributed by atoms with Crippen LogP contribution in [0.15, 0.2) is 140 Å². The van der Waals surface area contributed by atoms with Gasteiger partial charge in [0, 0.05) is 43.4 Å². The maximum atomic E-state index is 5.28. The van der Waals surface area contributed by atoms with Gasteiger partial charge in [-0.15, -0.1) is 0 Å². The van der Waals surface area contributed by atoms with Crippen LogP contribution in [0.5, 0.6) is 0 Å². The summed E-state index contributed by atoms with van der Waals surface area (Å²) in [6.07, 6.45) is 0. The van der Waals surface area contributed by atoms with E-state index in [4.69, 9.17) is 9.97 Å². The minimum absolute atomic E-state index is 0.670. The van der Waals surface area contributed by atoms with Crippen molar-refractivity contribution in [2.75, 3.05) is 0 Å². The van der Waals surface area contributed by atoms with Crippen LogP contribution in [-0.2, 0) is 0 Å². The quantitative estimate of drug-likeness (QED) is 0.214. The predicted octanol–water partition coefficient (Wildman–Crippen LogP) is 10.3. The van der Waals surface area contributed by atoms with Crippen molar-refractivity contribution < 1.29 is 0 Å². The number of H-pyrrole nitrogens is 1.